The molecule has 22 heavy (non-hydrogen) atoms. The Bertz CT molecular complexity index is 476. The fourth-order valence-corrected chi connectivity index (χ4v) is 4.32. The molecule has 2 aliphatic heterocycles. The van der Waals surface area contributed by atoms with Crippen LogP contribution in [0.5, 0.6) is 0 Å². The number of nitrogens with one attached hydrogen (secondary N) is 1. The molecule has 3 rings (SSSR count). The molecule has 120 valence electrons. The van der Waals surface area contributed by atoms with Gasteiger partial charge in [-0.3, -0.25) is 4.79 Å². The Morgan fingerprint density at radius 2 is 1.91 bits per heavy atom. The van der Waals surface area contributed by atoms with Crippen molar-refractivity contribution in [2.75, 3.05) is 24.6 Å². The molecule has 0 aliphatic carbocycles. The normalized spacial score (nSPS) is 22.5. The van der Waals surface area contributed by atoms with Gasteiger partial charge in [-0.05, 0) is 55.6 Å². The van der Waals surface area contributed by atoms with Gasteiger partial charge in [0.25, 0.3) is 5.91 Å². The number of carbonyl (C=O) groups is 1. The molecule has 0 bridgehead atoms. The van der Waals surface area contributed by atoms with Gasteiger partial charge in [-0.15, -0.1) is 0 Å². The zero-order valence-corrected chi connectivity index (χ0v) is 14.0. The molecule has 0 saturated carbocycles. The van der Waals surface area contributed by atoms with Crippen LogP contribution in [0.15, 0.2) is 24.3 Å². The number of amides is 1. The predicted octanol–water partition coefficient (Wildman–Crippen LogP) is 3.30. The van der Waals surface area contributed by atoms with Gasteiger partial charge in [-0.25, -0.2) is 0 Å². The van der Waals surface area contributed by atoms with Crippen LogP contribution in [0.3, 0.4) is 0 Å². The van der Waals surface area contributed by atoms with Crippen LogP contribution in [-0.4, -0.2) is 41.4 Å². The van der Waals surface area contributed by atoms with Crippen molar-refractivity contribution in [3.05, 3.63) is 35.4 Å². The van der Waals surface area contributed by atoms with Gasteiger partial charge in [0.2, 0.25) is 0 Å². The summed E-state index contributed by atoms with van der Waals surface area (Å²) in [6.45, 7) is 2.74. The quantitative estimate of drug-likeness (QED) is 0.924. The van der Waals surface area contributed by atoms with Gasteiger partial charge < -0.3 is 10.2 Å². The van der Waals surface area contributed by atoms with Crippen molar-refractivity contribution >= 4 is 17.7 Å². The number of hydrogen-bond donors (Lipinski definition) is 1. The minimum atomic E-state index is 0.197. The van der Waals surface area contributed by atoms with Crippen LogP contribution >= 0.6 is 11.8 Å². The van der Waals surface area contributed by atoms with Crippen molar-refractivity contribution in [2.24, 2.45) is 0 Å². The number of benzene rings is 1. The topological polar surface area (TPSA) is 32.3 Å². The van der Waals surface area contributed by atoms with E-state index in [-0.39, 0.29) is 5.91 Å². The predicted molar refractivity (Wildman–Crippen MR) is 93.4 cm³/mol. The molecule has 1 amide bonds. The Hall–Kier alpha value is -1.00. The maximum absolute atomic E-state index is 12.4. The Morgan fingerprint density at radius 1 is 1.14 bits per heavy atom. The summed E-state index contributed by atoms with van der Waals surface area (Å²) < 4.78 is 0. The number of piperidine rings is 1. The molecule has 0 spiro atoms. The van der Waals surface area contributed by atoms with Crippen LogP contribution in [0.2, 0.25) is 0 Å². The Kier molecular flexibility index (Phi) is 5.79. The van der Waals surface area contributed by atoms with Crippen molar-refractivity contribution in [1.82, 2.24) is 10.2 Å². The molecular weight excluding hydrogens is 292 g/mol. The van der Waals surface area contributed by atoms with Crippen LogP contribution in [0.25, 0.3) is 0 Å². The zero-order valence-electron chi connectivity index (χ0n) is 13.2. The summed E-state index contributed by atoms with van der Waals surface area (Å²) in [5.74, 6) is 2.74. The molecule has 2 aliphatic rings. The van der Waals surface area contributed by atoms with E-state index in [1.165, 1.54) is 36.3 Å². The zero-order chi connectivity index (χ0) is 15.2. The second-order valence-corrected chi connectivity index (χ2v) is 7.49. The molecule has 3 nitrogen and oxygen atoms in total. The van der Waals surface area contributed by atoms with Crippen LogP contribution in [0, 0.1) is 0 Å². The molecule has 1 aromatic rings. The Balaban J connectivity index is 1.51. The summed E-state index contributed by atoms with van der Waals surface area (Å²) in [4.78, 5) is 14.4. The highest BCUT2D eigenvalue weighted by Gasteiger charge is 2.18. The lowest BCUT2D eigenvalue weighted by molar-refractivity contribution is 0.0724. The van der Waals surface area contributed by atoms with Crippen LogP contribution in [-0.2, 0) is 6.54 Å². The van der Waals surface area contributed by atoms with Gasteiger partial charge in [-0.1, -0.05) is 12.1 Å². The summed E-state index contributed by atoms with van der Waals surface area (Å²) in [5.41, 5.74) is 2.10. The van der Waals surface area contributed by atoms with Crippen molar-refractivity contribution in [2.45, 2.75) is 44.7 Å². The second-order valence-electron chi connectivity index (χ2n) is 6.34. The summed E-state index contributed by atoms with van der Waals surface area (Å²) in [6.07, 6.45) is 6.16. The SMILES string of the molecule is O=C(c1ccc(CN[C@H]2CCCSC2)cc1)N1CCCCC1. The molecule has 4 heteroatoms. The first-order chi connectivity index (χ1) is 10.8. The summed E-state index contributed by atoms with van der Waals surface area (Å²) >= 11 is 2.05. The lowest BCUT2D eigenvalue weighted by Crippen LogP contribution is -2.35. The number of thioether (sulfide) groups is 1. The number of nitrogens with zero attached hydrogens (tertiary/aromatic N) is 1. The lowest BCUT2D eigenvalue weighted by Gasteiger charge is -2.26. The molecule has 2 fully saturated rings. The second kappa shape index (κ2) is 8.02. The lowest BCUT2D eigenvalue weighted by atomic mass is 10.1. The summed E-state index contributed by atoms with van der Waals surface area (Å²) in [7, 11) is 0. The molecule has 0 radical (unpaired) electrons. The van der Waals surface area contributed by atoms with E-state index in [1.807, 2.05) is 28.8 Å². The van der Waals surface area contributed by atoms with E-state index in [9.17, 15) is 4.79 Å². The third-order valence-corrected chi connectivity index (χ3v) is 5.81. The highest BCUT2D eigenvalue weighted by atomic mass is 32.2. The van der Waals surface area contributed by atoms with Crippen molar-refractivity contribution < 1.29 is 4.79 Å². The average Bonchev–Trinajstić information content (AvgIpc) is 2.61. The van der Waals surface area contributed by atoms with E-state index in [2.05, 4.69) is 17.4 Å². The molecule has 2 saturated heterocycles. The summed E-state index contributed by atoms with van der Waals surface area (Å²) in [5, 5.41) is 3.63. The molecule has 0 aromatic heterocycles. The molecule has 1 aromatic carbocycles. The van der Waals surface area contributed by atoms with E-state index in [0.717, 1.165) is 38.0 Å². The maximum Gasteiger partial charge on any atom is 0.253 e. The van der Waals surface area contributed by atoms with E-state index >= 15 is 0 Å². The molecule has 2 heterocycles. The average molecular weight is 318 g/mol. The first-order valence-electron chi connectivity index (χ1n) is 8.52. The standard InChI is InChI=1S/C18H26N2OS/c21-18(20-10-2-1-3-11-20)16-8-6-15(7-9-16)13-19-17-5-4-12-22-14-17/h6-9,17,19H,1-5,10-14H2/t17-/m0/s1. The van der Waals surface area contributed by atoms with Gasteiger partial charge >= 0.3 is 0 Å². The number of carbonyl (C=O) groups excluding carboxylic acids is 1. The van der Waals surface area contributed by atoms with E-state index in [4.69, 9.17) is 0 Å². The fourth-order valence-electron chi connectivity index (χ4n) is 3.21. The first kappa shape index (κ1) is 15.9. The van der Waals surface area contributed by atoms with Gasteiger partial charge in [0.1, 0.15) is 0 Å². The van der Waals surface area contributed by atoms with E-state index in [1.54, 1.807) is 0 Å². The minimum absolute atomic E-state index is 0.197. The molecule has 0 unspecified atom stereocenters. The Labute approximate surface area is 137 Å². The number of rotatable bonds is 4. The van der Waals surface area contributed by atoms with E-state index < -0.39 is 0 Å². The summed E-state index contributed by atoms with van der Waals surface area (Å²) in [6, 6.07) is 8.82. The molecule has 1 atom stereocenters. The smallest absolute Gasteiger partial charge is 0.253 e. The van der Waals surface area contributed by atoms with Crippen LogP contribution < -0.4 is 5.32 Å². The number of likely N-dealkylation sites (tertiary alicyclic amines) is 1. The monoisotopic (exact) mass is 318 g/mol. The van der Waals surface area contributed by atoms with Gasteiger partial charge in [0, 0.05) is 37.0 Å². The van der Waals surface area contributed by atoms with Crippen molar-refractivity contribution in [3.63, 3.8) is 0 Å². The first-order valence-corrected chi connectivity index (χ1v) is 9.68. The fraction of sp³-hybridized carbons (Fsp3) is 0.611. The molecule has 1 N–H and O–H groups in total. The highest BCUT2D eigenvalue weighted by molar-refractivity contribution is 7.99. The van der Waals surface area contributed by atoms with Gasteiger partial charge in [0.05, 0.1) is 0 Å². The van der Waals surface area contributed by atoms with Gasteiger partial charge in [-0.2, -0.15) is 11.8 Å². The van der Waals surface area contributed by atoms with Gasteiger partial charge in [0.15, 0.2) is 0 Å². The van der Waals surface area contributed by atoms with Crippen LogP contribution in [0.1, 0.15) is 48.0 Å². The molecular formula is C18H26N2OS. The Morgan fingerprint density at radius 3 is 2.59 bits per heavy atom. The van der Waals surface area contributed by atoms with E-state index in [0.29, 0.717) is 6.04 Å². The van der Waals surface area contributed by atoms with Crippen molar-refractivity contribution in [3.8, 4) is 0 Å². The maximum atomic E-state index is 12.4. The third kappa shape index (κ3) is 4.26. The number of hydrogen-bond acceptors (Lipinski definition) is 3. The van der Waals surface area contributed by atoms with Crippen LogP contribution in [0.4, 0.5) is 0 Å². The minimum Gasteiger partial charge on any atom is -0.339 e. The van der Waals surface area contributed by atoms with Crippen molar-refractivity contribution in [1.29, 1.82) is 0 Å². The third-order valence-electron chi connectivity index (χ3n) is 4.60. The highest BCUT2D eigenvalue weighted by Crippen LogP contribution is 2.18. The largest absolute Gasteiger partial charge is 0.339 e.